The third-order valence-electron chi connectivity index (χ3n) is 2.65. The quantitative estimate of drug-likeness (QED) is 0.552. The van der Waals surface area contributed by atoms with Gasteiger partial charge in [0, 0.05) is 13.1 Å². The first-order valence-electron chi connectivity index (χ1n) is 5.61. The Labute approximate surface area is 105 Å². The molecule has 0 bridgehead atoms. The van der Waals surface area contributed by atoms with Crippen LogP contribution >= 0.6 is 0 Å². The highest BCUT2D eigenvalue weighted by molar-refractivity contribution is 7.87. The molecule has 4 N–H and O–H groups in total. The molecule has 0 saturated carbocycles. The van der Waals surface area contributed by atoms with Gasteiger partial charge in [-0.3, -0.25) is 9.59 Å². The fraction of sp³-hybridized carbons (Fsp3) is 0.778. The monoisotopic (exact) mass is 279 g/mol. The van der Waals surface area contributed by atoms with Gasteiger partial charge < -0.3 is 10.8 Å². The lowest BCUT2D eigenvalue weighted by atomic mass is 10.2. The molecule has 1 heterocycles. The Kier molecular flexibility index (Phi) is 5.05. The number of carboxylic acid groups (broad SMARTS) is 1. The highest BCUT2D eigenvalue weighted by Gasteiger charge is 2.30. The number of aliphatic carboxylic acids is 1. The number of primary amides is 1. The summed E-state index contributed by atoms with van der Waals surface area (Å²) in [7, 11) is -3.88. The number of nitrogens with one attached hydrogen (secondary N) is 1. The lowest BCUT2D eigenvalue weighted by molar-refractivity contribution is -0.140. The van der Waals surface area contributed by atoms with Crippen LogP contribution in [0.3, 0.4) is 0 Å². The lowest BCUT2D eigenvalue weighted by Crippen LogP contribution is -2.50. The van der Waals surface area contributed by atoms with E-state index < -0.39 is 34.5 Å². The van der Waals surface area contributed by atoms with Gasteiger partial charge in [-0.2, -0.15) is 17.4 Å². The van der Waals surface area contributed by atoms with Crippen molar-refractivity contribution < 1.29 is 23.1 Å². The fourth-order valence-corrected chi connectivity index (χ4v) is 3.17. The van der Waals surface area contributed by atoms with E-state index in [9.17, 15) is 18.0 Å². The van der Waals surface area contributed by atoms with Gasteiger partial charge in [-0.15, -0.1) is 0 Å². The second-order valence-corrected chi connectivity index (χ2v) is 5.85. The molecule has 0 spiro atoms. The predicted molar refractivity (Wildman–Crippen MR) is 62.7 cm³/mol. The van der Waals surface area contributed by atoms with Gasteiger partial charge in [0.25, 0.3) is 10.2 Å². The van der Waals surface area contributed by atoms with E-state index in [1.807, 2.05) is 4.72 Å². The minimum Gasteiger partial charge on any atom is -0.480 e. The standard InChI is InChI=1S/C9H17N3O5S/c10-8(13)6-7(9(14)15)11-18(16,17)12-4-2-1-3-5-12/h7,11H,1-6H2,(H2,10,13)(H,14,15). The van der Waals surface area contributed by atoms with Crippen LogP contribution in [0.4, 0.5) is 0 Å². The third kappa shape index (κ3) is 4.24. The minimum absolute atomic E-state index is 0.359. The Morgan fingerprint density at radius 1 is 1.28 bits per heavy atom. The Bertz CT molecular complexity index is 416. The summed E-state index contributed by atoms with van der Waals surface area (Å²) < 4.78 is 26.9. The summed E-state index contributed by atoms with van der Waals surface area (Å²) in [6.07, 6.45) is 1.88. The van der Waals surface area contributed by atoms with Crippen LogP contribution in [0.15, 0.2) is 0 Å². The van der Waals surface area contributed by atoms with E-state index in [0.29, 0.717) is 13.1 Å². The maximum absolute atomic E-state index is 11.9. The number of carbonyl (C=O) groups excluding carboxylic acids is 1. The van der Waals surface area contributed by atoms with Crippen molar-refractivity contribution in [1.29, 1.82) is 0 Å². The van der Waals surface area contributed by atoms with E-state index in [1.54, 1.807) is 0 Å². The number of nitrogens with two attached hydrogens (primary N) is 1. The third-order valence-corrected chi connectivity index (χ3v) is 4.28. The topological polar surface area (TPSA) is 130 Å². The first-order valence-corrected chi connectivity index (χ1v) is 7.05. The highest BCUT2D eigenvalue weighted by Crippen LogP contribution is 2.12. The van der Waals surface area contributed by atoms with E-state index in [1.165, 1.54) is 4.31 Å². The maximum Gasteiger partial charge on any atom is 0.322 e. The Balaban J connectivity index is 2.71. The van der Waals surface area contributed by atoms with Crippen LogP contribution in [0.1, 0.15) is 25.7 Å². The number of piperidine rings is 1. The highest BCUT2D eigenvalue weighted by atomic mass is 32.2. The molecule has 1 amide bonds. The summed E-state index contributed by atoms with van der Waals surface area (Å²) in [6.45, 7) is 0.719. The van der Waals surface area contributed by atoms with Crippen molar-refractivity contribution in [3.8, 4) is 0 Å². The molecule has 8 nitrogen and oxygen atoms in total. The molecule has 1 aliphatic heterocycles. The Hall–Kier alpha value is -1.19. The molecular weight excluding hydrogens is 262 g/mol. The summed E-state index contributed by atoms with van der Waals surface area (Å²) in [5.41, 5.74) is 4.88. The zero-order valence-corrected chi connectivity index (χ0v) is 10.6. The Morgan fingerprint density at radius 3 is 2.28 bits per heavy atom. The number of carboxylic acids is 1. The molecule has 0 aromatic rings. The zero-order chi connectivity index (χ0) is 13.8. The second kappa shape index (κ2) is 6.12. The number of nitrogens with zero attached hydrogens (tertiary/aromatic N) is 1. The molecule has 104 valence electrons. The average Bonchev–Trinajstić information content (AvgIpc) is 2.28. The van der Waals surface area contributed by atoms with Crippen LogP contribution in [0.25, 0.3) is 0 Å². The molecule has 1 fully saturated rings. The molecular formula is C9H17N3O5S. The molecule has 1 atom stereocenters. The second-order valence-electron chi connectivity index (χ2n) is 4.14. The predicted octanol–water partition coefficient (Wildman–Crippen LogP) is -1.36. The summed E-state index contributed by atoms with van der Waals surface area (Å²) >= 11 is 0. The van der Waals surface area contributed by atoms with Crippen molar-refractivity contribution in [2.24, 2.45) is 5.73 Å². The maximum atomic E-state index is 11.9. The van der Waals surface area contributed by atoms with Crippen molar-refractivity contribution in [3.63, 3.8) is 0 Å². The van der Waals surface area contributed by atoms with Crippen LogP contribution in [-0.2, 0) is 19.8 Å². The molecule has 18 heavy (non-hydrogen) atoms. The van der Waals surface area contributed by atoms with E-state index in [4.69, 9.17) is 10.8 Å². The smallest absolute Gasteiger partial charge is 0.322 e. The van der Waals surface area contributed by atoms with Crippen molar-refractivity contribution in [3.05, 3.63) is 0 Å². The Morgan fingerprint density at radius 2 is 1.83 bits per heavy atom. The summed E-state index contributed by atoms with van der Waals surface area (Å²) in [4.78, 5) is 21.5. The van der Waals surface area contributed by atoms with Crippen molar-refractivity contribution >= 4 is 22.1 Å². The minimum atomic E-state index is -3.88. The van der Waals surface area contributed by atoms with Gasteiger partial charge in [0.15, 0.2) is 0 Å². The summed E-state index contributed by atoms with van der Waals surface area (Å²) in [6, 6.07) is -1.52. The molecule has 9 heteroatoms. The molecule has 1 saturated heterocycles. The van der Waals surface area contributed by atoms with Crippen LogP contribution in [0.2, 0.25) is 0 Å². The lowest BCUT2D eigenvalue weighted by Gasteiger charge is -2.27. The normalized spacial score (nSPS) is 19.3. The van der Waals surface area contributed by atoms with Crippen LogP contribution < -0.4 is 10.5 Å². The van der Waals surface area contributed by atoms with Gasteiger partial charge in [-0.05, 0) is 12.8 Å². The molecule has 0 aromatic carbocycles. The largest absolute Gasteiger partial charge is 0.480 e. The fourth-order valence-electron chi connectivity index (χ4n) is 1.74. The van der Waals surface area contributed by atoms with E-state index in [0.717, 1.165) is 19.3 Å². The average molecular weight is 279 g/mol. The number of hydrogen-bond acceptors (Lipinski definition) is 4. The van der Waals surface area contributed by atoms with Crippen molar-refractivity contribution in [2.75, 3.05) is 13.1 Å². The number of hydrogen-bond donors (Lipinski definition) is 3. The van der Waals surface area contributed by atoms with Crippen molar-refractivity contribution in [1.82, 2.24) is 9.03 Å². The van der Waals surface area contributed by atoms with E-state index in [2.05, 4.69) is 0 Å². The van der Waals surface area contributed by atoms with Crippen LogP contribution in [-0.4, -0.2) is 48.8 Å². The van der Waals surface area contributed by atoms with Gasteiger partial charge in [-0.25, -0.2) is 0 Å². The van der Waals surface area contributed by atoms with Crippen molar-refractivity contribution in [2.45, 2.75) is 31.7 Å². The molecule has 0 aromatic heterocycles. The van der Waals surface area contributed by atoms with Gasteiger partial charge in [0.05, 0.1) is 6.42 Å². The van der Waals surface area contributed by atoms with E-state index in [-0.39, 0.29) is 0 Å². The van der Waals surface area contributed by atoms with Crippen LogP contribution in [0, 0.1) is 0 Å². The zero-order valence-electron chi connectivity index (χ0n) is 9.83. The number of carbonyl (C=O) groups is 2. The summed E-state index contributed by atoms with van der Waals surface area (Å²) in [5.74, 6) is -2.29. The van der Waals surface area contributed by atoms with Crippen LogP contribution in [0.5, 0.6) is 0 Å². The first kappa shape index (κ1) is 14.9. The van der Waals surface area contributed by atoms with Gasteiger partial charge in [0.1, 0.15) is 6.04 Å². The molecule has 1 aliphatic rings. The van der Waals surface area contributed by atoms with Gasteiger partial charge >= 0.3 is 5.97 Å². The van der Waals surface area contributed by atoms with E-state index >= 15 is 0 Å². The number of rotatable bonds is 6. The number of amides is 1. The SMILES string of the molecule is NC(=O)CC(NS(=O)(=O)N1CCCCC1)C(=O)O. The first-order chi connectivity index (χ1) is 8.33. The molecule has 1 unspecified atom stereocenters. The van der Waals surface area contributed by atoms with Gasteiger partial charge in [0.2, 0.25) is 5.91 Å². The molecule has 0 radical (unpaired) electrons. The van der Waals surface area contributed by atoms with Gasteiger partial charge in [-0.1, -0.05) is 6.42 Å². The molecule has 1 rings (SSSR count). The molecule has 0 aliphatic carbocycles. The summed E-state index contributed by atoms with van der Waals surface area (Å²) in [5, 5.41) is 8.83.